The van der Waals surface area contributed by atoms with Gasteiger partial charge in [-0.15, -0.1) is 0 Å². The maximum atomic E-state index is 12.0. The first-order valence-corrected chi connectivity index (χ1v) is 6.40. The van der Waals surface area contributed by atoms with Gasteiger partial charge in [0.2, 0.25) is 0 Å². The van der Waals surface area contributed by atoms with Gasteiger partial charge in [0, 0.05) is 30.9 Å². The molecule has 19 heavy (non-hydrogen) atoms. The third kappa shape index (κ3) is 2.38. The van der Waals surface area contributed by atoms with Gasteiger partial charge in [0.15, 0.2) is 5.82 Å². The molecule has 6 heteroatoms. The van der Waals surface area contributed by atoms with E-state index in [-0.39, 0.29) is 5.91 Å². The molecular weight excluding hydrogens is 242 g/mol. The number of nitrogens with zero attached hydrogens (tertiary/aromatic N) is 3. The Labute approximate surface area is 111 Å². The molecule has 0 unspecified atom stereocenters. The van der Waals surface area contributed by atoms with Crippen molar-refractivity contribution < 1.29 is 4.79 Å². The van der Waals surface area contributed by atoms with Crippen molar-refractivity contribution in [1.29, 1.82) is 0 Å². The highest BCUT2D eigenvalue weighted by Gasteiger charge is 2.20. The fourth-order valence-electron chi connectivity index (χ4n) is 2.43. The van der Waals surface area contributed by atoms with Crippen LogP contribution in [-0.2, 0) is 7.05 Å². The molecule has 0 bridgehead atoms. The molecule has 0 aliphatic heterocycles. The molecule has 2 N–H and O–H groups in total. The summed E-state index contributed by atoms with van der Waals surface area (Å²) in [6.07, 6.45) is 7.27. The fraction of sp³-hybridized carbons (Fsp3) is 0.385. The Bertz CT molecular complexity index is 579. The Morgan fingerprint density at radius 3 is 3.16 bits per heavy atom. The Morgan fingerprint density at radius 2 is 2.47 bits per heavy atom. The summed E-state index contributed by atoms with van der Waals surface area (Å²) in [5.74, 6) is 0.874. The highest BCUT2D eigenvalue weighted by Crippen LogP contribution is 2.33. The number of nitrogens with one attached hydrogen (secondary N) is 2. The van der Waals surface area contributed by atoms with E-state index in [1.807, 2.05) is 6.07 Å². The third-order valence-electron chi connectivity index (χ3n) is 3.50. The number of H-pyrrole nitrogens is 1. The summed E-state index contributed by atoms with van der Waals surface area (Å²) in [6.45, 7) is 0. The molecule has 0 saturated heterocycles. The highest BCUT2D eigenvalue weighted by molar-refractivity contribution is 6.02. The molecule has 0 aromatic carbocycles. The minimum absolute atomic E-state index is 0.198. The summed E-state index contributed by atoms with van der Waals surface area (Å²) in [7, 11) is 1.74. The predicted molar refractivity (Wildman–Crippen MR) is 70.6 cm³/mol. The zero-order valence-corrected chi connectivity index (χ0v) is 10.8. The van der Waals surface area contributed by atoms with Gasteiger partial charge >= 0.3 is 0 Å². The van der Waals surface area contributed by atoms with Gasteiger partial charge in [-0.2, -0.15) is 10.2 Å². The van der Waals surface area contributed by atoms with Crippen molar-refractivity contribution >= 4 is 11.7 Å². The number of rotatable bonds is 3. The van der Waals surface area contributed by atoms with Gasteiger partial charge < -0.3 is 5.32 Å². The Morgan fingerprint density at radius 1 is 1.58 bits per heavy atom. The molecule has 2 aromatic heterocycles. The Balaban J connectivity index is 1.70. The van der Waals surface area contributed by atoms with Gasteiger partial charge in [-0.05, 0) is 31.7 Å². The third-order valence-corrected chi connectivity index (χ3v) is 3.50. The fourth-order valence-corrected chi connectivity index (χ4v) is 2.43. The Hall–Kier alpha value is -2.11. The molecule has 2 heterocycles. The largest absolute Gasteiger partial charge is 0.304 e. The lowest BCUT2D eigenvalue weighted by molar-refractivity contribution is 0.101. The summed E-state index contributed by atoms with van der Waals surface area (Å²) in [5, 5.41) is 13.9. The van der Waals surface area contributed by atoms with E-state index in [9.17, 15) is 4.79 Å². The van der Waals surface area contributed by atoms with E-state index >= 15 is 0 Å². The minimum Gasteiger partial charge on any atom is -0.304 e. The normalized spacial score (nSPS) is 15.8. The number of aryl methyl sites for hydroxylation is 1. The Kier molecular flexibility index (Phi) is 3.06. The highest BCUT2D eigenvalue weighted by atomic mass is 16.2. The number of hydrogen-bond donors (Lipinski definition) is 2. The van der Waals surface area contributed by atoms with Crippen LogP contribution in [0.25, 0.3) is 0 Å². The minimum atomic E-state index is -0.198. The van der Waals surface area contributed by atoms with Gasteiger partial charge in [0.1, 0.15) is 5.69 Å². The number of anilines is 1. The van der Waals surface area contributed by atoms with Crippen molar-refractivity contribution in [2.75, 3.05) is 5.32 Å². The first-order chi connectivity index (χ1) is 9.24. The van der Waals surface area contributed by atoms with Crippen LogP contribution in [0.1, 0.15) is 41.4 Å². The molecule has 1 saturated carbocycles. The van der Waals surface area contributed by atoms with E-state index in [0.29, 0.717) is 17.4 Å². The van der Waals surface area contributed by atoms with Crippen molar-refractivity contribution in [1.82, 2.24) is 20.0 Å². The van der Waals surface area contributed by atoms with Crippen LogP contribution < -0.4 is 5.32 Å². The first kappa shape index (κ1) is 12.0. The average molecular weight is 258 g/mol. The van der Waals surface area contributed by atoms with Crippen molar-refractivity contribution in [3.8, 4) is 0 Å². The lowest BCUT2D eigenvalue weighted by Crippen LogP contribution is -2.16. The number of aromatic amines is 1. The quantitative estimate of drug-likeness (QED) is 0.882. The van der Waals surface area contributed by atoms with E-state index in [4.69, 9.17) is 0 Å². The zero-order chi connectivity index (χ0) is 13.2. The van der Waals surface area contributed by atoms with Crippen LogP contribution in [0.5, 0.6) is 0 Å². The summed E-state index contributed by atoms with van der Waals surface area (Å²) < 4.78 is 1.54. The number of amides is 1. The summed E-state index contributed by atoms with van der Waals surface area (Å²) in [5.41, 5.74) is 1.60. The molecule has 1 aliphatic carbocycles. The van der Waals surface area contributed by atoms with E-state index < -0.39 is 0 Å². The molecule has 6 nitrogen and oxygen atoms in total. The second-order valence-corrected chi connectivity index (χ2v) is 4.80. The predicted octanol–water partition coefficient (Wildman–Crippen LogP) is 1.87. The van der Waals surface area contributed by atoms with Crippen LogP contribution in [0.15, 0.2) is 18.3 Å². The summed E-state index contributed by atoms with van der Waals surface area (Å²) in [4.78, 5) is 12.0. The van der Waals surface area contributed by atoms with E-state index in [2.05, 4.69) is 27.0 Å². The molecule has 0 spiro atoms. The molecule has 1 aliphatic rings. The van der Waals surface area contributed by atoms with Crippen molar-refractivity contribution in [2.24, 2.45) is 7.05 Å². The second kappa shape index (κ2) is 4.87. The van der Waals surface area contributed by atoms with E-state index in [0.717, 1.165) is 25.0 Å². The van der Waals surface area contributed by atoms with Gasteiger partial charge in [0.25, 0.3) is 5.91 Å². The monoisotopic (exact) mass is 258 g/mol. The van der Waals surface area contributed by atoms with E-state index in [1.165, 1.54) is 4.68 Å². The maximum absolute atomic E-state index is 12.0. The lowest BCUT2D eigenvalue weighted by Gasteiger charge is -2.03. The van der Waals surface area contributed by atoms with Crippen LogP contribution in [0.2, 0.25) is 0 Å². The van der Waals surface area contributed by atoms with Crippen LogP contribution >= 0.6 is 0 Å². The van der Waals surface area contributed by atoms with Crippen LogP contribution in [-0.4, -0.2) is 25.9 Å². The molecule has 1 radical (unpaired) electrons. The number of carbonyl (C=O) groups is 1. The van der Waals surface area contributed by atoms with Gasteiger partial charge in [0.05, 0.1) is 0 Å². The topological polar surface area (TPSA) is 75.6 Å². The SMILES string of the molecule is Cn1nccc1C(=O)Nc1cc([C@H]2C[CH]CC2)[nH]n1. The molecule has 2 aromatic rings. The molecule has 99 valence electrons. The zero-order valence-electron chi connectivity index (χ0n) is 10.8. The molecular formula is C13H16N5O. The van der Waals surface area contributed by atoms with Crippen LogP contribution in [0.4, 0.5) is 5.82 Å². The maximum Gasteiger partial charge on any atom is 0.275 e. The van der Waals surface area contributed by atoms with Crippen molar-refractivity contribution in [2.45, 2.75) is 25.2 Å². The smallest absolute Gasteiger partial charge is 0.275 e. The van der Waals surface area contributed by atoms with E-state index in [1.54, 1.807) is 19.3 Å². The summed E-state index contributed by atoms with van der Waals surface area (Å²) >= 11 is 0. The second-order valence-electron chi connectivity index (χ2n) is 4.80. The molecule has 1 amide bonds. The van der Waals surface area contributed by atoms with Crippen LogP contribution in [0, 0.1) is 6.42 Å². The van der Waals surface area contributed by atoms with Crippen molar-refractivity contribution in [3.63, 3.8) is 0 Å². The van der Waals surface area contributed by atoms with Crippen LogP contribution in [0.3, 0.4) is 0 Å². The lowest BCUT2D eigenvalue weighted by atomic mass is 10.0. The van der Waals surface area contributed by atoms with Gasteiger partial charge in [-0.1, -0.05) is 0 Å². The first-order valence-electron chi connectivity index (χ1n) is 6.40. The molecule has 3 rings (SSSR count). The number of aromatic nitrogens is 4. The standard InChI is InChI=1S/C13H16N5O/c1-18-11(6-7-14-18)13(19)15-12-8-10(16-17-12)9-4-2-3-5-9/h2,6-9H,3-5H2,1H3,(H2,15,16,17,19)/t9-/m0/s1. The number of hydrogen-bond acceptors (Lipinski definition) is 3. The van der Waals surface area contributed by atoms with Gasteiger partial charge in [-0.3, -0.25) is 14.6 Å². The average Bonchev–Trinajstić information content (AvgIpc) is 3.07. The molecule has 1 atom stereocenters. The molecule has 1 fully saturated rings. The summed E-state index contributed by atoms with van der Waals surface area (Å²) in [6, 6.07) is 3.59. The van der Waals surface area contributed by atoms with Gasteiger partial charge in [-0.25, -0.2) is 0 Å². The van der Waals surface area contributed by atoms with Crippen molar-refractivity contribution in [3.05, 3.63) is 36.1 Å². The number of carbonyl (C=O) groups excluding carboxylic acids is 1.